The maximum atomic E-state index is 11.4. The molecule has 15 heavy (non-hydrogen) atoms. The van der Waals surface area contributed by atoms with Gasteiger partial charge in [-0.2, -0.15) is 0 Å². The van der Waals surface area contributed by atoms with E-state index in [1.165, 1.54) is 6.26 Å². The van der Waals surface area contributed by atoms with E-state index < -0.39 is 9.84 Å². The van der Waals surface area contributed by atoms with Crippen LogP contribution in [0.2, 0.25) is 0 Å². The van der Waals surface area contributed by atoms with Gasteiger partial charge in [0.05, 0.1) is 0 Å². The molecule has 1 aliphatic heterocycles. The minimum atomic E-state index is -2.96. The number of nitrogens with zero attached hydrogens (tertiary/aromatic N) is 1. The molecule has 0 spiro atoms. The maximum absolute atomic E-state index is 11.4. The molecule has 5 heteroatoms. The largest absolute Gasteiger partial charge is 0.396 e. The Morgan fingerprint density at radius 1 is 1.40 bits per heavy atom. The second-order valence-corrected chi connectivity index (χ2v) is 6.76. The van der Waals surface area contributed by atoms with Crippen LogP contribution in [0.3, 0.4) is 0 Å². The fourth-order valence-corrected chi connectivity index (χ4v) is 2.81. The van der Waals surface area contributed by atoms with Crippen LogP contribution in [0.1, 0.15) is 26.2 Å². The van der Waals surface area contributed by atoms with Crippen molar-refractivity contribution in [1.82, 2.24) is 4.90 Å². The topological polar surface area (TPSA) is 57.6 Å². The zero-order chi connectivity index (χ0) is 11.5. The average molecular weight is 235 g/mol. The first-order valence-corrected chi connectivity index (χ1v) is 7.44. The van der Waals surface area contributed by atoms with Crippen molar-refractivity contribution in [3.63, 3.8) is 0 Å². The van der Waals surface area contributed by atoms with Crippen molar-refractivity contribution < 1.29 is 13.5 Å². The van der Waals surface area contributed by atoms with Gasteiger partial charge in [-0.25, -0.2) is 8.42 Å². The van der Waals surface area contributed by atoms with Crippen molar-refractivity contribution in [2.24, 2.45) is 5.92 Å². The Labute approximate surface area is 92.2 Å². The number of hydrogen-bond donors (Lipinski definition) is 1. The molecule has 0 aliphatic carbocycles. The van der Waals surface area contributed by atoms with Gasteiger partial charge in [0.15, 0.2) is 9.84 Å². The van der Waals surface area contributed by atoms with Gasteiger partial charge in [-0.15, -0.1) is 0 Å². The lowest BCUT2D eigenvalue weighted by Crippen LogP contribution is -2.43. The summed E-state index contributed by atoms with van der Waals surface area (Å²) >= 11 is 0. The summed E-state index contributed by atoms with van der Waals surface area (Å²) < 4.78 is 22.7. The van der Waals surface area contributed by atoms with E-state index in [4.69, 9.17) is 5.11 Å². The van der Waals surface area contributed by atoms with Crippen LogP contribution in [-0.2, 0) is 9.84 Å². The highest BCUT2D eigenvalue weighted by atomic mass is 32.2. The Bertz CT molecular complexity index is 281. The van der Waals surface area contributed by atoms with Crippen LogP contribution < -0.4 is 0 Å². The molecule has 1 aliphatic rings. The van der Waals surface area contributed by atoms with E-state index in [1.807, 2.05) is 4.90 Å². The second kappa shape index (κ2) is 5.27. The van der Waals surface area contributed by atoms with Crippen LogP contribution in [0.4, 0.5) is 0 Å². The van der Waals surface area contributed by atoms with E-state index in [0.29, 0.717) is 5.92 Å². The predicted octanol–water partition coefficient (Wildman–Crippen LogP) is 0.471. The number of hydrogen-bond acceptors (Lipinski definition) is 4. The van der Waals surface area contributed by atoms with Gasteiger partial charge in [-0.05, 0) is 45.2 Å². The lowest BCUT2D eigenvalue weighted by Gasteiger charge is -2.34. The quantitative estimate of drug-likeness (QED) is 0.769. The molecule has 1 saturated heterocycles. The van der Waals surface area contributed by atoms with Gasteiger partial charge in [0, 0.05) is 12.9 Å². The molecule has 1 heterocycles. The Hall–Kier alpha value is -0.130. The zero-order valence-corrected chi connectivity index (χ0v) is 10.3. The van der Waals surface area contributed by atoms with Gasteiger partial charge >= 0.3 is 0 Å². The third kappa shape index (κ3) is 3.74. The molecule has 0 aromatic carbocycles. The summed E-state index contributed by atoms with van der Waals surface area (Å²) in [6.07, 6.45) is 4.14. The van der Waals surface area contributed by atoms with Crippen molar-refractivity contribution in [1.29, 1.82) is 0 Å². The number of likely N-dealkylation sites (tertiary alicyclic amines) is 1. The van der Waals surface area contributed by atoms with Crippen LogP contribution in [0.25, 0.3) is 0 Å². The number of rotatable bonds is 4. The van der Waals surface area contributed by atoms with Gasteiger partial charge in [0.1, 0.15) is 5.37 Å². The fourth-order valence-electron chi connectivity index (χ4n) is 2.06. The van der Waals surface area contributed by atoms with E-state index >= 15 is 0 Å². The Morgan fingerprint density at radius 2 is 1.93 bits per heavy atom. The summed E-state index contributed by atoms with van der Waals surface area (Å²) in [4.78, 5) is 2.02. The molecular weight excluding hydrogens is 214 g/mol. The van der Waals surface area contributed by atoms with E-state index in [2.05, 4.69) is 0 Å². The van der Waals surface area contributed by atoms with E-state index in [1.54, 1.807) is 6.92 Å². The first-order valence-electron chi connectivity index (χ1n) is 5.49. The van der Waals surface area contributed by atoms with Crippen LogP contribution in [0.5, 0.6) is 0 Å². The molecule has 90 valence electrons. The second-order valence-electron chi connectivity index (χ2n) is 4.42. The van der Waals surface area contributed by atoms with Gasteiger partial charge < -0.3 is 5.11 Å². The molecule has 1 N–H and O–H groups in total. The van der Waals surface area contributed by atoms with Crippen LogP contribution in [-0.4, -0.2) is 49.8 Å². The summed E-state index contributed by atoms with van der Waals surface area (Å²) in [6, 6.07) is 0. The van der Waals surface area contributed by atoms with Crippen molar-refractivity contribution in [3.05, 3.63) is 0 Å². The highest BCUT2D eigenvalue weighted by molar-refractivity contribution is 7.91. The molecule has 1 unspecified atom stereocenters. The highest BCUT2D eigenvalue weighted by Gasteiger charge is 2.27. The summed E-state index contributed by atoms with van der Waals surface area (Å²) in [5.41, 5.74) is 0. The van der Waals surface area contributed by atoms with Crippen LogP contribution in [0.15, 0.2) is 0 Å². The SMILES string of the molecule is CC(N1CCC(CCO)CC1)S(C)(=O)=O. The number of sulfone groups is 1. The molecule has 1 fully saturated rings. The molecule has 0 radical (unpaired) electrons. The van der Waals surface area contributed by atoms with Crippen molar-refractivity contribution in [2.45, 2.75) is 31.6 Å². The molecule has 4 nitrogen and oxygen atoms in total. The summed E-state index contributed by atoms with van der Waals surface area (Å²) in [7, 11) is -2.96. The molecule has 1 atom stereocenters. The zero-order valence-electron chi connectivity index (χ0n) is 9.52. The molecular formula is C10H21NO3S. The Morgan fingerprint density at radius 3 is 2.33 bits per heavy atom. The fraction of sp³-hybridized carbons (Fsp3) is 1.00. The summed E-state index contributed by atoms with van der Waals surface area (Å²) in [5.74, 6) is 0.568. The van der Waals surface area contributed by atoms with E-state index in [9.17, 15) is 8.42 Å². The van der Waals surface area contributed by atoms with Gasteiger partial charge in [-0.3, -0.25) is 4.90 Å². The highest BCUT2D eigenvalue weighted by Crippen LogP contribution is 2.22. The van der Waals surface area contributed by atoms with Gasteiger partial charge in [0.2, 0.25) is 0 Å². The lowest BCUT2D eigenvalue weighted by molar-refractivity contribution is 0.151. The van der Waals surface area contributed by atoms with E-state index in [-0.39, 0.29) is 12.0 Å². The Balaban J connectivity index is 2.44. The first kappa shape index (κ1) is 12.9. The summed E-state index contributed by atoms with van der Waals surface area (Å²) in [6.45, 7) is 3.66. The van der Waals surface area contributed by atoms with Gasteiger partial charge in [0.25, 0.3) is 0 Å². The third-order valence-corrected chi connectivity index (χ3v) is 4.86. The van der Waals surface area contributed by atoms with E-state index in [0.717, 1.165) is 32.4 Å². The standard InChI is InChI=1S/C10H21NO3S/c1-9(15(2,13)14)11-6-3-10(4-7-11)5-8-12/h9-10,12H,3-8H2,1-2H3. The monoisotopic (exact) mass is 235 g/mol. The first-order chi connectivity index (χ1) is 6.95. The minimum absolute atomic E-state index is 0.242. The molecule has 1 rings (SSSR count). The van der Waals surface area contributed by atoms with Crippen LogP contribution >= 0.6 is 0 Å². The number of piperidine rings is 1. The van der Waals surface area contributed by atoms with Crippen LogP contribution in [0, 0.1) is 5.92 Å². The number of aliphatic hydroxyl groups excluding tert-OH is 1. The van der Waals surface area contributed by atoms with Crippen molar-refractivity contribution >= 4 is 9.84 Å². The smallest absolute Gasteiger partial charge is 0.163 e. The predicted molar refractivity (Wildman–Crippen MR) is 60.3 cm³/mol. The Kier molecular flexibility index (Phi) is 4.55. The molecule has 0 aromatic heterocycles. The summed E-state index contributed by atoms with van der Waals surface area (Å²) in [5, 5.41) is 8.45. The molecule has 0 aromatic rings. The van der Waals surface area contributed by atoms with Crippen molar-refractivity contribution in [2.75, 3.05) is 26.0 Å². The van der Waals surface area contributed by atoms with Gasteiger partial charge in [-0.1, -0.05) is 0 Å². The molecule has 0 saturated carbocycles. The maximum Gasteiger partial charge on any atom is 0.163 e. The normalized spacial score (nSPS) is 22.9. The average Bonchev–Trinajstić information content (AvgIpc) is 2.17. The lowest BCUT2D eigenvalue weighted by atomic mass is 9.94. The van der Waals surface area contributed by atoms with Crippen molar-refractivity contribution in [3.8, 4) is 0 Å². The molecule has 0 bridgehead atoms. The third-order valence-electron chi connectivity index (χ3n) is 3.32. The molecule has 0 amide bonds. The minimum Gasteiger partial charge on any atom is -0.396 e. The number of aliphatic hydroxyl groups is 1.